The smallest absolute Gasteiger partial charge is 0.253 e. The minimum Gasteiger partial charge on any atom is -0.508 e. The molecule has 0 fully saturated rings. The van der Waals surface area contributed by atoms with Crippen LogP contribution < -0.4 is 5.73 Å². The van der Waals surface area contributed by atoms with Crippen molar-refractivity contribution in [1.82, 2.24) is 4.90 Å². The average molecular weight is 350 g/mol. The van der Waals surface area contributed by atoms with Gasteiger partial charge in [0.15, 0.2) is 0 Å². The first-order valence-electron chi connectivity index (χ1n) is 9.52. The van der Waals surface area contributed by atoms with Gasteiger partial charge in [0.1, 0.15) is 5.75 Å². The van der Waals surface area contributed by atoms with Crippen LogP contribution in [0.3, 0.4) is 0 Å². The zero-order valence-corrected chi connectivity index (χ0v) is 15.2. The number of amides is 1. The van der Waals surface area contributed by atoms with Gasteiger partial charge < -0.3 is 15.7 Å². The number of nitrogens with zero attached hydrogens (tertiary/aromatic N) is 1. The molecule has 26 heavy (non-hydrogen) atoms. The fraction of sp³-hybridized carbons (Fsp3) is 0.409. The van der Waals surface area contributed by atoms with Crippen LogP contribution in [0.1, 0.15) is 64.3 Å². The minimum atomic E-state index is 0.0934. The van der Waals surface area contributed by atoms with Gasteiger partial charge in [0.2, 0.25) is 0 Å². The van der Waals surface area contributed by atoms with Gasteiger partial charge in [0, 0.05) is 24.7 Å². The highest BCUT2D eigenvalue weighted by atomic mass is 16.3. The molecule has 136 valence electrons. The van der Waals surface area contributed by atoms with E-state index in [1.165, 1.54) is 16.7 Å². The van der Waals surface area contributed by atoms with Crippen LogP contribution in [0.15, 0.2) is 36.4 Å². The monoisotopic (exact) mass is 350 g/mol. The van der Waals surface area contributed by atoms with Crippen molar-refractivity contribution in [3.05, 3.63) is 64.2 Å². The van der Waals surface area contributed by atoms with Crippen molar-refractivity contribution in [3.63, 3.8) is 0 Å². The number of phenols is 1. The Morgan fingerprint density at radius 2 is 1.96 bits per heavy atom. The molecule has 0 saturated heterocycles. The van der Waals surface area contributed by atoms with Gasteiger partial charge in [-0.2, -0.15) is 0 Å². The van der Waals surface area contributed by atoms with Gasteiger partial charge in [-0.05, 0) is 78.1 Å². The minimum absolute atomic E-state index is 0.0934. The summed E-state index contributed by atoms with van der Waals surface area (Å²) in [5, 5.41) is 9.79. The molecule has 4 heteroatoms. The second-order valence-electron chi connectivity index (χ2n) is 7.70. The van der Waals surface area contributed by atoms with Crippen molar-refractivity contribution in [1.29, 1.82) is 0 Å². The molecule has 2 aromatic rings. The van der Waals surface area contributed by atoms with Crippen molar-refractivity contribution >= 4 is 5.91 Å². The number of carbonyl (C=O) groups is 1. The maximum atomic E-state index is 13.1. The molecule has 1 aliphatic carbocycles. The van der Waals surface area contributed by atoms with E-state index in [0.717, 1.165) is 36.8 Å². The molecule has 2 unspecified atom stereocenters. The summed E-state index contributed by atoms with van der Waals surface area (Å²) in [6.07, 6.45) is 3.94. The van der Waals surface area contributed by atoms with E-state index in [0.29, 0.717) is 18.8 Å². The number of fused-ring (bicyclic) bond motifs is 2. The molecule has 2 aromatic carbocycles. The first-order chi connectivity index (χ1) is 12.5. The van der Waals surface area contributed by atoms with Crippen LogP contribution in [0.25, 0.3) is 0 Å². The van der Waals surface area contributed by atoms with Crippen LogP contribution in [0.2, 0.25) is 0 Å². The Hall–Kier alpha value is -2.33. The van der Waals surface area contributed by atoms with Crippen molar-refractivity contribution in [3.8, 4) is 5.75 Å². The van der Waals surface area contributed by atoms with Crippen LogP contribution >= 0.6 is 0 Å². The van der Waals surface area contributed by atoms with E-state index in [2.05, 4.69) is 6.92 Å². The molecule has 2 atom stereocenters. The Morgan fingerprint density at radius 3 is 2.81 bits per heavy atom. The zero-order chi connectivity index (χ0) is 18.3. The number of hydrogen-bond donors (Lipinski definition) is 2. The number of nitrogens with two attached hydrogens (primary N) is 1. The molecule has 0 saturated carbocycles. The average Bonchev–Trinajstić information content (AvgIpc) is 2.80. The zero-order valence-electron chi connectivity index (χ0n) is 15.2. The number of hydrogen-bond acceptors (Lipinski definition) is 3. The summed E-state index contributed by atoms with van der Waals surface area (Å²) in [7, 11) is 0. The Morgan fingerprint density at radius 1 is 1.12 bits per heavy atom. The number of aromatic hydroxyl groups is 1. The molecular weight excluding hydrogens is 324 g/mol. The molecule has 0 radical (unpaired) electrons. The molecule has 3 N–H and O–H groups in total. The lowest BCUT2D eigenvalue weighted by atomic mass is 9.87. The second kappa shape index (κ2) is 6.76. The molecule has 0 aromatic heterocycles. The Labute approximate surface area is 154 Å². The molecule has 4 nitrogen and oxygen atoms in total. The SMILES string of the molecule is CC1CN(C(=O)c2ccc3c(c2)CCCC3N)CCc2ccc(O)cc21. The fourth-order valence-electron chi connectivity index (χ4n) is 4.40. The first-order valence-corrected chi connectivity index (χ1v) is 9.52. The van der Waals surface area contributed by atoms with Gasteiger partial charge >= 0.3 is 0 Å². The summed E-state index contributed by atoms with van der Waals surface area (Å²) in [6, 6.07) is 11.7. The highest BCUT2D eigenvalue weighted by Crippen LogP contribution is 2.31. The lowest BCUT2D eigenvalue weighted by Gasteiger charge is -2.26. The second-order valence-corrected chi connectivity index (χ2v) is 7.70. The maximum absolute atomic E-state index is 13.1. The lowest BCUT2D eigenvalue weighted by molar-refractivity contribution is 0.0754. The predicted octanol–water partition coefficient (Wildman–Crippen LogP) is 3.53. The van der Waals surface area contributed by atoms with E-state index < -0.39 is 0 Å². The highest BCUT2D eigenvalue weighted by Gasteiger charge is 2.25. The van der Waals surface area contributed by atoms with E-state index in [9.17, 15) is 9.90 Å². The fourth-order valence-corrected chi connectivity index (χ4v) is 4.40. The van der Waals surface area contributed by atoms with E-state index in [-0.39, 0.29) is 17.9 Å². The summed E-state index contributed by atoms with van der Waals surface area (Å²) < 4.78 is 0. The topological polar surface area (TPSA) is 66.6 Å². The van der Waals surface area contributed by atoms with Crippen LogP contribution in [0, 0.1) is 0 Å². The van der Waals surface area contributed by atoms with Crippen LogP contribution in [-0.4, -0.2) is 29.0 Å². The van der Waals surface area contributed by atoms with E-state index in [1.54, 1.807) is 6.07 Å². The van der Waals surface area contributed by atoms with Crippen molar-refractivity contribution in [2.75, 3.05) is 13.1 Å². The number of benzene rings is 2. The number of aryl methyl sites for hydroxylation is 1. The van der Waals surface area contributed by atoms with Crippen molar-refractivity contribution < 1.29 is 9.90 Å². The maximum Gasteiger partial charge on any atom is 0.253 e. The third-order valence-electron chi connectivity index (χ3n) is 5.84. The molecular formula is C22H26N2O2. The van der Waals surface area contributed by atoms with Gasteiger partial charge in [-0.25, -0.2) is 0 Å². The highest BCUT2D eigenvalue weighted by molar-refractivity contribution is 5.94. The van der Waals surface area contributed by atoms with Gasteiger partial charge in [-0.1, -0.05) is 19.1 Å². The van der Waals surface area contributed by atoms with Crippen molar-refractivity contribution in [2.45, 2.75) is 44.6 Å². The van der Waals surface area contributed by atoms with Crippen LogP contribution in [0.5, 0.6) is 5.75 Å². The van der Waals surface area contributed by atoms with Gasteiger partial charge in [0.05, 0.1) is 0 Å². The largest absolute Gasteiger partial charge is 0.508 e. The molecule has 1 aliphatic heterocycles. The Kier molecular flexibility index (Phi) is 4.45. The summed E-state index contributed by atoms with van der Waals surface area (Å²) in [5.74, 6) is 0.590. The Balaban J connectivity index is 1.58. The van der Waals surface area contributed by atoms with Crippen LogP contribution in [-0.2, 0) is 12.8 Å². The number of phenolic OH excluding ortho intramolecular Hbond substituents is 1. The van der Waals surface area contributed by atoms with E-state index in [4.69, 9.17) is 5.73 Å². The van der Waals surface area contributed by atoms with Gasteiger partial charge in [-0.3, -0.25) is 4.79 Å². The lowest BCUT2D eigenvalue weighted by Crippen LogP contribution is -2.34. The Bertz CT molecular complexity index is 846. The van der Waals surface area contributed by atoms with E-state index in [1.807, 2.05) is 35.2 Å². The summed E-state index contributed by atoms with van der Waals surface area (Å²) in [5.41, 5.74) is 11.8. The first kappa shape index (κ1) is 17.1. The van der Waals surface area contributed by atoms with Gasteiger partial charge in [0.25, 0.3) is 5.91 Å². The standard InChI is InChI=1S/C22H26N2O2/c1-14-13-24(10-9-15-5-7-18(25)12-20(14)15)22(26)17-6-8-19-16(11-17)3-2-4-21(19)23/h5-8,11-12,14,21,25H,2-4,9-10,13,23H2,1H3. The van der Waals surface area contributed by atoms with E-state index >= 15 is 0 Å². The summed E-state index contributed by atoms with van der Waals surface area (Å²) in [6.45, 7) is 3.50. The molecule has 0 spiro atoms. The summed E-state index contributed by atoms with van der Waals surface area (Å²) in [4.78, 5) is 15.1. The van der Waals surface area contributed by atoms with Gasteiger partial charge in [-0.15, -0.1) is 0 Å². The normalized spacial score (nSPS) is 22.3. The molecule has 1 heterocycles. The third-order valence-corrected chi connectivity index (χ3v) is 5.84. The molecule has 4 rings (SSSR count). The predicted molar refractivity (Wildman–Crippen MR) is 102 cm³/mol. The quantitative estimate of drug-likeness (QED) is 0.827. The third kappa shape index (κ3) is 3.10. The van der Waals surface area contributed by atoms with Crippen molar-refractivity contribution in [2.24, 2.45) is 5.73 Å². The summed E-state index contributed by atoms with van der Waals surface area (Å²) >= 11 is 0. The molecule has 1 amide bonds. The molecule has 2 aliphatic rings. The number of carbonyl (C=O) groups excluding carboxylic acids is 1. The van der Waals surface area contributed by atoms with Crippen LogP contribution in [0.4, 0.5) is 0 Å². The number of rotatable bonds is 1. The molecule has 0 bridgehead atoms.